The second kappa shape index (κ2) is 3.87. The molecule has 0 atom stereocenters. The highest BCUT2D eigenvalue weighted by molar-refractivity contribution is 5.58. The lowest BCUT2D eigenvalue weighted by molar-refractivity contribution is 0.520. The Morgan fingerprint density at radius 1 is 1.27 bits per heavy atom. The summed E-state index contributed by atoms with van der Waals surface area (Å²) in [6.07, 6.45) is 0. The van der Waals surface area contributed by atoms with Crippen LogP contribution < -0.4 is 5.73 Å². The summed E-state index contributed by atoms with van der Waals surface area (Å²) in [6.45, 7) is 2.17. The molecule has 1 heterocycles. The average molecular weight is 205 g/mol. The Hall–Kier alpha value is -1.61. The molecule has 1 aromatic carbocycles. The molecule has 0 saturated carbocycles. The Bertz CT molecular complexity index is 476. The van der Waals surface area contributed by atoms with E-state index in [9.17, 15) is 4.39 Å². The number of hydrogen-bond acceptors (Lipinski definition) is 2. The van der Waals surface area contributed by atoms with Gasteiger partial charge in [0.25, 0.3) is 0 Å². The van der Waals surface area contributed by atoms with Crippen molar-refractivity contribution in [3.63, 3.8) is 0 Å². The van der Waals surface area contributed by atoms with Gasteiger partial charge in [-0.1, -0.05) is 6.07 Å². The van der Waals surface area contributed by atoms with Gasteiger partial charge in [0.1, 0.15) is 17.3 Å². The minimum absolute atomic E-state index is 0.270. The number of nitrogens with two attached hydrogens (primary N) is 1. The third kappa shape index (κ3) is 1.92. The molecule has 15 heavy (non-hydrogen) atoms. The van der Waals surface area contributed by atoms with Gasteiger partial charge in [-0.05, 0) is 36.8 Å². The normalized spacial score (nSPS) is 10.6. The Morgan fingerprint density at radius 2 is 2.07 bits per heavy atom. The molecule has 3 heteroatoms. The lowest BCUT2D eigenvalue weighted by Crippen LogP contribution is -1.92. The maximum absolute atomic E-state index is 13.6. The van der Waals surface area contributed by atoms with E-state index < -0.39 is 0 Å². The maximum atomic E-state index is 13.6. The van der Waals surface area contributed by atoms with Gasteiger partial charge in [0.15, 0.2) is 0 Å². The molecule has 0 aliphatic rings. The molecule has 2 aromatic rings. The monoisotopic (exact) mass is 205 g/mol. The molecule has 0 fully saturated rings. The smallest absolute Gasteiger partial charge is 0.137 e. The quantitative estimate of drug-likeness (QED) is 0.818. The number of aryl methyl sites for hydroxylation is 1. The summed E-state index contributed by atoms with van der Waals surface area (Å²) in [6, 6.07) is 8.54. The van der Waals surface area contributed by atoms with Crippen LogP contribution in [0.3, 0.4) is 0 Å². The van der Waals surface area contributed by atoms with E-state index in [1.807, 2.05) is 13.0 Å². The molecule has 0 unspecified atom stereocenters. The third-order valence-electron chi connectivity index (χ3n) is 2.25. The van der Waals surface area contributed by atoms with Crippen molar-refractivity contribution < 1.29 is 8.81 Å². The summed E-state index contributed by atoms with van der Waals surface area (Å²) in [4.78, 5) is 0. The van der Waals surface area contributed by atoms with Crippen LogP contribution >= 0.6 is 0 Å². The van der Waals surface area contributed by atoms with E-state index in [4.69, 9.17) is 10.2 Å². The minimum atomic E-state index is -0.270. The van der Waals surface area contributed by atoms with Crippen LogP contribution in [-0.4, -0.2) is 0 Å². The van der Waals surface area contributed by atoms with Gasteiger partial charge in [-0.2, -0.15) is 0 Å². The fourth-order valence-electron chi connectivity index (χ4n) is 1.45. The van der Waals surface area contributed by atoms with E-state index in [-0.39, 0.29) is 5.82 Å². The van der Waals surface area contributed by atoms with Gasteiger partial charge < -0.3 is 10.2 Å². The summed E-state index contributed by atoms with van der Waals surface area (Å²) in [5, 5.41) is 0. The van der Waals surface area contributed by atoms with Crippen molar-refractivity contribution in [1.82, 2.24) is 0 Å². The lowest BCUT2D eigenvalue weighted by atomic mass is 10.1. The van der Waals surface area contributed by atoms with Crippen molar-refractivity contribution in [3.8, 4) is 11.3 Å². The zero-order valence-electron chi connectivity index (χ0n) is 8.46. The molecule has 0 amide bonds. The Balaban J connectivity index is 2.44. The van der Waals surface area contributed by atoms with Crippen LogP contribution in [0.5, 0.6) is 0 Å². The van der Waals surface area contributed by atoms with E-state index in [1.54, 1.807) is 18.2 Å². The van der Waals surface area contributed by atoms with Crippen molar-refractivity contribution in [2.75, 3.05) is 0 Å². The van der Waals surface area contributed by atoms with E-state index in [1.165, 1.54) is 6.07 Å². The molecule has 0 aliphatic heterocycles. The molecule has 2 N–H and O–H groups in total. The first-order valence-corrected chi connectivity index (χ1v) is 4.76. The highest BCUT2D eigenvalue weighted by atomic mass is 19.1. The van der Waals surface area contributed by atoms with E-state index in [2.05, 4.69) is 0 Å². The van der Waals surface area contributed by atoms with Crippen LogP contribution in [0.2, 0.25) is 0 Å². The number of benzene rings is 1. The Morgan fingerprint density at radius 3 is 2.67 bits per heavy atom. The minimum Gasteiger partial charge on any atom is -0.460 e. The molecule has 78 valence electrons. The van der Waals surface area contributed by atoms with Crippen molar-refractivity contribution in [3.05, 3.63) is 47.5 Å². The number of furan rings is 1. The highest BCUT2D eigenvalue weighted by Gasteiger charge is 2.08. The topological polar surface area (TPSA) is 39.2 Å². The standard InChI is InChI=1S/C12H12FNO/c1-8-2-4-10(11(13)6-8)12-5-3-9(7-14)15-12/h2-6H,7,14H2,1H3. The van der Waals surface area contributed by atoms with Crippen molar-refractivity contribution in [1.29, 1.82) is 0 Å². The first-order chi connectivity index (χ1) is 7.20. The number of hydrogen-bond donors (Lipinski definition) is 1. The summed E-state index contributed by atoms with van der Waals surface area (Å²) < 4.78 is 18.9. The van der Waals surface area contributed by atoms with Gasteiger partial charge in [0.05, 0.1) is 12.1 Å². The molecular formula is C12H12FNO. The molecule has 0 bridgehead atoms. The van der Waals surface area contributed by atoms with Crippen LogP contribution in [0.15, 0.2) is 34.7 Å². The first-order valence-electron chi connectivity index (χ1n) is 4.76. The maximum Gasteiger partial charge on any atom is 0.137 e. The second-order valence-corrected chi connectivity index (χ2v) is 3.45. The van der Waals surface area contributed by atoms with Crippen LogP contribution in [0, 0.1) is 12.7 Å². The fourth-order valence-corrected chi connectivity index (χ4v) is 1.45. The van der Waals surface area contributed by atoms with Gasteiger partial charge in [-0.15, -0.1) is 0 Å². The first kappa shape index (κ1) is 9.93. The zero-order valence-corrected chi connectivity index (χ0v) is 8.46. The van der Waals surface area contributed by atoms with Crippen molar-refractivity contribution in [2.24, 2.45) is 5.73 Å². The predicted molar refractivity (Wildman–Crippen MR) is 56.7 cm³/mol. The van der Waals surface area contributed by atoms with Gasteiger partial charge in [0.2, 0.25) is 0 Å². The van der Waals surface area contributed by atoms with Gasteiger partial charge in [-0.3, -0.25) is 0 Å². The SMILES string of the molecule is Cc1ccc(-c2ccc(CN)o2)c(F)c1. The van der Waals surface area contributed by atoms with Crippen LogP contribution in [0.4, 0.5) is 4.39 Å². The van der Waals surface area contributed by atoms with Gasteiger partial charge >= 0.3 is 0 Å². The molecule has 2 rings (SSSR count). The number of rotatable bonds is 2. The molecule has 0 radical (unpaired) electrons. The van der Waals surface area contributed by atoms with Crippen LogP contribution in [0.25, 0.3) is 11.3 Å². The second-order valence-electron chi connectivity index (χ2n) is 3.45. The summed E-state index contributed by atoms with van der Waals surface area (Å²) >= 11 is 0. The van der Waals surface area contributed by atoms with Gasteiger partial charge in [0, 0.05) is 0 Å². The molecule has 0 aliphatic carbocycles. The Kier molecular flexibility index (Phi) is 2.56. The average Bonchev–Trinajstić information content (AvgIpc) is 2.66. The van der Waals surface area contributed by atoms with E-state index in [0.717, 1.165) is 5.56 Å². The predicted octanol–water partition coefficient (Wildman–Crippen LogP) is 2.85. The van der Waals surface area contributed by atoms with Crippen molar-refractivity contribution in [2.45, 2.75) is 13.5 Å². The molecular weight excluding hydrogens is 193 g/mol. The molecule has 0 spiro atoms. The fraction of sp³-hybridized carbons (Fsp3) is 0.167. The van der Waals surface area contributed by atoms with Crippen LogP contribution in [-0.2, 0) is 6.54 Å². The summed E-state index contributed by atoms with van der Waals surface area (Å²) in [7, 11) is 0. The van der Waals surface area contributed by atoms with E-state index >= 15 is 0 Å². The zero-order chi connectivity index (χ0) is 10.8. The number of halogens is 1. The molecule has 2 nitrogen and oxygen atoms in total. The van der Waals surface area contributed by atoms with Gasteiger partial charge in [-0.25, -0.2) is 4.39 Å². The summed E-state index contributed by atoms with van der Waals surface area (Å²) in [5.74, 6) is 0.908. The highest BCUT2D eigenvalue weighted by Crippen LogP contribution is 2.25. The van der Waals surface area contributed by atoms with Crippen LogP contribution in [0.1, 0.15) is 11.3 Å². The van der Waals surface area contributed by atoms with Crippen molar-refractivity contribution >= 4 is 0 Å². The Labute approximate surface area is 87.5 Å². The molecule has 1 aromatic heterocycles. The largest absolute Gasteiger partial charge is 0.460 e. The molecule has 0 saturated heterocycles. The van der Waals surface area contributed by atoms with E-state index in [0.29, 0.717) is 23.6 Å². The summed E-state index contributed by atoms with van der Waals surface area (Å²) in [5.41, 5.74) is 6.78. The third-order valence-corrected chi connectivity index (χ3v) is 2.25. The lowest BCUT2D eigenvalue weighted by Gasteiger charge is -2.00.